The van der Waals surface area contributed by atoms with Crippen molar-refractivity contribution in [3.05, 3.63) is 22.2 Å². The largest absolute Gasteiger partial charge is 0.465 e. The van der Waals surface area contributed by atoms with Gasteiger partial charge in [-0.1, -0.05) is 6.08 Å². The minimum Gasteiger partial charge on any atom is -0.465 e. The van der Waals surface area contributed by atoms with Crippen molar-refractivity contribution in [2.75, 3.05) is 7.11 Å². The number of allylic oxidation sites excluding steroid dienone is 1. The zero-order valence-corrected chi connectivity index (χ0v) is 8.37. The fourth-order valence-corrected chi connectivity index (χ4v) is 1.54. The maximum atomic E-state index is 11.0. The Bertz CT molecular complexity index is 390. The Hall–Kier alpha value is -1.67. The minimum absolute atomic E-state index is 0.340. The molecule has 0 N–H and O–H groups in total. The summed E-state index contributed by atoms with van der Waals surface area (Å²) in [6.45, 7) is 0. The molecule has 72 valence electrons. The summed E-state index contributed by atoms with van der Waals surface area (Å²) < 4.78 is 4.53. The van der Waals surface area contributed by atoms with Gasteiger partial charge in [0.15, 0.2) is 0 Å². The van der Waals surface area contributed by atoms with Gasteiger partial charge in [-0.3, -0.25) is 0 Å². The number of thiazole rings is 1. The van der Waals surface area contributed by atoms with E-state index < -0.39 is 0 Å². The van der Waals surface area contributed by atoms with Crippen LogP contribution in [0.15, 0.2) is 12.3 Å². The van der Waals surface area contributed by atoms with Crippen molar-refractivity contribution < 1.29 is 9.53 Å². The average Bonchev–Trinajstić information content (AvgIpc) is 2.66. The molecular formula is C9H8N2O2S. The second-order valence-electron chi connectivity index (χ2n) is 2.32. The molecule has 0 saturated heterocycles. The summed E-state index contributed by atoms with van der Waals surface area (Å²) in [5.74, 6) is -0.387. The van der Waals surface area contributed by atoms with E-state index in [2.05, 4.69) is 9.72 Å². The second-order valence-corrected chi connectivity index (χ2v) is 3.38. The van der Waals surface area contributed by atoms with Gasteiger partial charge in [0, 0.05) is 0 Å². The number of ether oxygens (including phenoxy) is 1. The summed E-state index contributed by atoms with van der Waals surface area (Å²) in [5, 5.41) is 8.98. The highest BCUT2D eigenvalue weighted by atomic mass is 32.1. The van der Waals surface area contributed by atoms with Crippen molar-refractivity contribution in [3.8, 4) is 6.07 Å². The zero-order valence-electron chi connectivity index (χ0n) is 7.56. The molecular weight excluding hydrogens is 200 g/mol. The van der Waals surface area contributed by atoms with Crippen molar-refractivity contribution >= 4 is 23.4 Å². The van der Waals surface area contributed by atoms with E-state index in [1.807, 2.05) is 6.07 Å². The lowest BCUT2D eigenvalue weighted by Gasteiger charge is -1.89. The first-order valence-electron chi connectivity index (χ1n) is 3.85. The molecule has 0 amide bonds. The highest BCUT2D eigenvalue weighted by Crippen LogP contribution is 2.15. The van der Waals surface area contributed by atoms with Gasteiger partial charge in [-0.15, -0.1) is 11.3 Å². The molecule has 0 aliphatic rings. The van der Waals surface area contributed by atoms with Crippen LogP contribution in [0.1, 0.15) is 21.1 Å². The molecule has 14 heavy (non-hydrogen) atoms. The van der Waals surface area contributed by atoms with E-state index in [0.717, 1.165) is 0 Å². The van der Waals surface area contributed by atoms with Crippen LogP contribution in [-0.4, -0.2) is 18.1 Å². The Morgan fingerprint density at radius 3 is 3.29 bits per heavy atom. The van der Waals surface area contributed by atoms with Crippen molar-refractivity contribution in [1.29, 1.82) is 5.26 Å². The first-order chi connectivity index (χ1) is 6.77. The molecule has 0 aromatic carbocycles. The van der Waals surface area contributed by atoms with E-state index in [9.17, 15) is 4.79 Å². The second kappa shape index (κ2) is 5.14. The topological polar surface area (TPSA) is 63.0 Å². The van der Waals surface area contributed by atoms with Crippen LogP contribution in [0.3, 0.4) is 0 Å². The Labute approximate surface area is 85.5 Å². The molecule has 4 nitrogen and oxygen atoms in total. The predicted octanol–water partition coefficient (Wildman–Crippen LogP) is 1.86. The first-order valence-corrected chi connectivity index (χ1v) is 4.67. The standard InChI is InChI=1S/C9H8N2O2S/c1-13-9(12)7-6-11-8(14-7)4-2-3-5-10/h2,4,6H,3H2,1H3. The van der Waals surface area contributed by atoms with Crippen LogP contribution in [0.2, 0.25) is 0 Å². The van der Waals surface area contributed by atoms with Crippen LogP contribution < -0.4 is 0 Å². The van der Waals surface area contributed by atoms with Crippen LogP contribution in [0, 0.1) is 11.3 Å². The molecule has 0 unspecified atom stereocenters. The number of rotatable bonds is 3. The molecule has 0 fully saturated rings. The van der Waals surface area contributed by atoms with Crippen LogP contribution >= 0.6 is 11.3 Å². The van der Waals surface area contributed by atoms with Gasteiger partial charge in [0.05, 0.1) is 25.8 Å². The van der Waals surface area contributed by atoms with E-state index in [1.165, 1.54) is 24.6 Å². The third kappa shape index (κ3) is 2.68. The van der Waals surface area contributed by atoms with Crippen LogP contribution in [0.5, 0.6) is 0 Å². The summed E-state index contributed by atoms with van der Waals surface area (Å²) in [6.07, 6.45) is 5.20. The van der Waals surface area contributed by atoms with E-state index in [1.54, 1.807) is 12.2 Å². The highest BCUT2D eigenvalue weighted by Gasteiger charge is 2.08. The molecule has 0 atom stereocenters. The molecule has 0 aliphatic carbocycles. The van der Waals surface area contributed by atoms with Crippen molar-refractivity contribution in [1.82, 2.24) is 4.98 Å². The van der Waals surface area contributed by atoms with Crippen molar-refractivity contribution in [2.24, 2.45) is 0 Å². The Morgan fingerprint density at radius 1 is 1.86 bits per heavy atom. The van der Waals surface area contributed by atoms with Crippen LogP contribution in [0.4, 0.5) is 0 Å². The monoisotopic (exact) mass is 208 g/mol. The quantitative estimate of drug-likeness (QED) is 0.711. The SMILES string of the molecule is COC(=O)c1cnc(C=CCC#N)s1. The Balaban J connectivity index is 2.69. The van der Waals surface area contributed by atoms with Crippen LogP contribution in [-0.2, 0) is 4.74 Å². The van der Waals surface area contributed by atoms with E-state index in [0.29, 0.717) is 16.3 Å². The highest BCUT2D eigenvalue weighted by molar-refractivity contribution is 7.14. The number of hydrogen-bond acceptors (Lipinski definition) is 5. The van der Waals surface area contributed by atoms with Gasteiger partial charge in [-0.25, -0.2) is 9.78 Å². The molecule has 5 heteroatoms. The number of carbonyl (C=O) groups is 1. The fraction of sp³-hybridized carbons (Fsp3) is 0.222. The zero-order chi connectivity index (χ0) is 10.4. The third-order valence-corrected chi connectivity index (χ3v) is 2.32. The molecule has 0 radical (unpaired) electrons. The lowest BCUT2D eigenvalue weighted by molar-refractivity contribution is 0.0606. The Kier molecular flexibility index (Phi) is 3.83. The first kappa shape index (κ1) is 10.4. The number of aromatic nitrogens is 1. The molecule has 0 saturated carbocycles. The molecule has 1 heterocycles. The number of carbonyl (C=O) groups excluding carboxylic acids is 1. The van der Waals surface area contributed by atoms with Gasteiger partial charge in [0.1, 0.15) is 9.88 Å². The number of esters is 1. The van der Waals surface area contributed by atoms with Gasteiger partial charge in [-0.2, -0.15) is 5.26 Å². The summed E-state index contributed by atoms with van der Waals surface area (Å²) >= 11 is 1.23. The predicted molar refractivity (Wildman–Crippen MR) is 52.7 cm³/mol. The van der Waals surface area contributed by atoms with E-state index in [-0.39, 0.29) is 5.97 Å². The van der Waals surface area contributed by atoms with Gasteiger partial charge < -0.3 is 4.74 Å². The minimum atomic E-state index is -0.387. The third-order valence-electron chi connectivity index (χ3n) is 1.38. The van der Waals surface area contributed by atoms with Gasteiger partial charge >= 0.3 is 5.97 Å². The number of methoxy groups -OCH3 is 1. The van der Waals surface area contributed by atoms with Crippen molar-refractivity contribution in [2.45, 2.75) is 6.42 Å². The number of nitriles is 1. The van der Waals surface area contributed by atoms with Crippen LogP contribution in [0.25, 0.3) is 6.08 Å². The molecule has 1 rings (SSSR count). The average molecular weight is 208 g/mol. The van der Waals surface area contributed by atoms with E-state index >= 15 is 0 Å². The summed E-state index contributed by atoms with van der Waals surface area (Å²) in [4.78, 5) is 15.5. The molecule has 0 aliphatic heterocycles. The number of nitrogens with zero attached hydrogens (tertiary/aromatic N) is 2. The number of hydrogen-bond donors (Lipinski definition) is 0. The maximum Gasteiger partial charge on any atom is 0.349 e. The smallest absolute Gasteiger partial charge is 0.349 e. The molecule has 0 spiro atoms. The molecule has 1 aromatic heterocycles. The fourth-order valence-electron chi connectivity index (χ4n) is 0.772. The summed E-state index contributed by atoms with van der Waals surface area (Å²) in [5.41, 5.74) is 0. The van der Waals surface area contributed by atoms with Gasteiger partial charge in [-0.05, 0) is 6.08 Å². The normalized spacial score (nSPS) is 10.0. The summed E-state index contributed by atoms with van der Waals surface area (Å²) in [6, 6.07) is 1.98. The summed E-state index contributed by atoms with van der Waals surface area (Å²) in [7, 11) is 1.33. The van der Waals surface area contributed by atoms with Crippen molar-refractivity contribution in [3.63, 3.8) is 0 Å². The lowest BCUT2D eigenvalue weighted by atomic mass is 10.4. The Morgan fingerprint density at radius 2 is 2.64 bits per heavy atom. The van der Waals surface area contributed by atoms with Gasteiger partial charge in [0.2, 0.25) is 0 Å². The lowest BCUT2D eigenvalue weighted by Crippen LogP contribution is -1.96. The van der Waals surface area contributed by atoms with E-state index in [4.69, 9.17) is 5.26 Å². The van der Waals surface area contributed by atoms with Gasteiger partial charge in [0.25, 0.3) is 0 Å². The molecule has 1 aromatic rings. The molecule has 0 bridgehead atoms. The maximum absolute atomic E-state index is 11.0.